The number of halogens is 1. The van der Waals surface area contributed by atoms with Crippen molar-refractivity contribution in [2.45, 2.75) is 26.5 Å². The van der Waals surface area contributed by atoms with Crippen LogP contribution >= 0.6 is 22.9 Å². The average molecular weight is 620 g/mol. The van der Waals surface area contributed by atoms with Crippen LogP contribution < -0.4 is 24.4 Å². The Kier molecular flexibility index (Phi) is 8.74. The van der Waals surface area contributed by atoms with Gasteiger partial charge in [0.25, 0.3) is 11.2 Å². The minimum absolute atomic E-state index is 0.142. The average Bonchev–Trinajstić information content (AvgIpc) is 3.30. The molecule has 0 unspecified atom stereocenters. The van der Waals surface area contributed by atoms with E-state index in [9.17, 15) is 19.7 Å². The lowest BCUT2D eigenvalue weighted by atomic mass is 9.96. The van der Waals surface area contributed by atoms with Gasteiger partial charge in [0.05, 0.1) is 52.1 Å². The summed E-state index contributed by atoms with van der Waals surface area (Å²) in [6.45, 7) is 3.69. The topological polar surface area (TPSA) is 122 Å². The molecule has 2 heterocycles. The van der Waals surface area contributed by atoms with Crippen molar-refractivity contribution in [2.24, 2.45) is 4.99 Å². The fraction of sp³-hybridized carbons (Fsp3) is 0.194. The molecule has 12 heteroatoms. The maximum atomic E-state index is 13.9. The number of nitro groups is 1. The van der Waals surface area contributed by atoms with E-state index < -0.39 is 22.5 Å². The van der Waals surface area contributed by atoms with Crippen molar-refractivity contribution < 1.29 is 23.9 Å². The molecule has 0 N–H and O–H groups in total. The van der Waals surface area contributed by atoms with Gasteiger partial charge in [0.15, 0.2) is 16.3 Å². The second-order valence-corrected chi connectivity index (χ2v) is 10.9. The number of benzene rings is 3. The van der Waals surface area contributed by atoms with E-state index in [-0.39, 0.29) is 46.1 Å². The number of allylic oxidation sites excluding steroid dienone is 1. The Bertz CT molecular complexity index is 1920. The number of ether oxygens (including phenoxy) is 3. The standard InChI is InChI=1S/C31H26ClN3O7S/c1-4-41-30(37)27-18(2)33-31-34(28(27)20-10-12-22(32)13-11-20)29(36)26(43-31)15-21-14-24(40-3)25(16-23(21)35(38)39)42-17-19-8-6-5-7-9-19/h5-16,28H,4,17H2,1-3H3/b26-15-/t28-/m1/s1. The zero-order valence-corrected chi connectivity index (χ0v) is 25.0. The number of hydrogen-bond acceptors (Lipinski definition) is 9. The fourth-order valence-corrected chi connectivity index (χ4v) is 5.90. The second-order valence-electron chi connectivity index (χ2n) is 9.45. The largest absolute Gasteiger partial charge is 0.493 e. The predicted octanol–water partition coefficient (Wildman–Crippen LogP) is 4.95. The van der Waals surface area contributed by atoms with E-state index in [4.69, 9.17) is 25.8 Å². The van der Waals surface area contributed by atoms with Crippen LogP contribution in [-0.2, 0) is 16.1 Å². The van der Waals surface area contributed by atoms with Crippen molar-refractivity contribution in [1.29, 1.82) is 0 Å². The molecule has 0 spiro atoms. The second kappa shape index (κ2) is 12.6. The number of hydrogen-bond donors (Lipinski definition) is 0. The summed E-state index contributed by atoms with van der Waals surface area (Å²) < 4.78 is 18.2. The van der Waals surface area contributed by atoms with Gasteiger partial charge in [-0.05, 0) is 49.2 Å². The van der Waals surface area contributed by atoms with Gasteiger partial charge < -0.3 is 14.2 Å². The first-order valence-corrected chi connectivity index (χ1v) is 14.4. The molecule has 4 aromatic rings. The SMILES string of the molecule is CCOC(=O)C1=C(C)N=c2s/c(=C\c3cc(OC)c(OCc4ccccc4)cc3[N+](=O)[O-])c(=O)n2[C@@H]1c1ccc(Cl)cc1. The first-order valence-electron chi connectivity index (χ1n) is 13.2. The molecule has 0 saturated heterocycles. The number of esters is 1. The minimum Gasteiger partial charge on any atom is -0.493 e. The number of nitro benzene ring substituents is 1. The Morgan fingerprint density at radius 1 is 1.14 bits per heavy atom. The summed E-state index contributed by atoms with van der Waals surface area (Å²) in [5.41, 5.74) is 1.52. The van der Waals surface area contributed by atoms with E-state index in [1.807, 2.05) is 30.3 Å². The molecule has 1 aliphatic rings. The van der Waals surface area contributed by atoms with Gasteiger partial charge in [-0.15, -0.1) is 0 Å². The normalized spacial score (nSPS) is 14.6. The highest BCUT2D eigenvalue weighted by Gasteiger charge is 2.33. The van der Waals surface area contributed by atoms with Gasteiger partial charge in [0.1, 0.15) is 6.61 Å². The van der Waals surface area contributed by atoms with Crippen molar-refractivity contribution in [3.05, 3.63) is 130 Å². The maximum Gasteiger partial charge on any atom is 0.338 e. The third kappa shape index (κ3) is 6.08. The van der Waals surface area contributed by atoms with Crippen LogP contribution in [0.5, 0.6) is 11.5 Å². The van der Waals surface area contributed by atoms with Crippen molar-refractivity contribution >= 4 is 40.7 Å². The molecule has 0 amide bonds. The van der Waals surface area contributed by atoms with E-state index in [0.717, 1.165) is 16.9 Å². The number of thiazole rings is 1. The Balaban J connectivity index is 1.64. The molecular formula is C31H26ClN3O7S. The molecule has 0 bridgehead atoms. The van der Waals surface area contributed by atoms with Crippen molar-refractivity contribution in [3.8, 4) is 11.5 Å². The van der Waals surface area contributed by atoms with Crippen molar-refractivity contribution in [1.82, 2.24) is 4.57 Å². The Hall–Kier alpha value is -4.74. The van der Waals surface area contributed by atoms with Crippen LogP contribution in [0.3, 0.4) is 0 Å². The highest BCUT2D eigenvalue weighted by molar-refractivity contribution is 7.07. The Labute approximate surface area is 254 Å². The molecule has 0 radical (unpaired) electrons. The molecule has 220 valence electrons. The first kappa shape index (κ1) is 29.7. The number of carbonyl (C=O) groups excluding carboxylic acids is 1. The van der Waals surface area contributed by atoms with Gasteiger partial charge in [-0.2, -0.15) is 0 Å². The Morgan fingerprint density at radius 2 is 1.86 bits per heavy atom. The molecule has 0 aliphatic carbocycles. The van der Waals surface area contributed by atoms with Crippen LogP contribution in [0.25, 0.3) is 6.08 Å². The zero-order valence-electron chi connectivity index (χ0n) is 23.4. The number of fused-ring (bicyclic) bond motifs is 1. The summed E-state index contributed by atoms with van der Waals surface area (Å²) in [5.74, 6) is -0.140. The summed E-state index contributed by atoms with van der Waals surface area (Å²) in [4.78, 5) is 43.4. The molecule has 0 fully saturated rings. The molecule has 43 heavy (non-hydrogen) atoms. The Morgan fingerprint density at radius 3 is 2.51 bits per heavy atom. The molecule has 10 nitrogen and oxygen atoms in total. The van der Waals surface area contributed by atoms with Crippen molar-refractivity contribution in [3.63, 3.8) is 0 Å². The third-order valence-electron chi connectivity index (χ3n) is 6.74. The lowest BCUT2D eigenvalue weighted by Gasteiger charge is -2.24. The molecule has 1 aliphatic heterocycles. The lowest BCUT2D eigenvalue weighted by molar-refractivity contribution is -0.385. The quantitative estimate of drug-likeness (QED) is 0.148. The first-order chi connectivity index (χ1) is 20.7. The van der Waals surface area contributed by atoms with Crippen LogP contribution in [-0.4, -0.2) is 29.2 Å². The van der Waals surface area contributed by atoms with Gasteiger partial charge in [0.2, 0.25) is 0 Å². The highest BCUT2D eigenvalue weighted by Crippen LogP contribution is 2.36. The summed E-state index contributed by atoms with van der Waals surface area (Å²) in [6, 6.07) is 18.1. The van der Waals surface area contributed by atoms with Gasteiger partial charge in [-0.1, -0.05) is 65.4 Å². The third-order valence-corrected chi connectivity index (χ3v) is 7.97. The van der Waals surface area contributed by atoms with Crippen molar-refractivity contribution in [2.75, 3.05) is 13.7 Å². The number of methoxy groups -OCH3 is 1. The predicted molar refractivity (Wildman–Crippen MR) is 162 cm³/mol. The van der Waals surface area contributed by atoms with E-state index in [1.165, 1.54) is 29.9 Å². The van der Waals surface area contributed by atoms with Crippen LogP contribution in [0.15, 0.2) is 87.8 Å². The van der Waals surface area contributed by atoms with E-state index in [0.29, 0.717) is 21.1 Å². The molecular weight excluding hydrogens is 594 g/mol. The van der Waals surface area contributed by atoms with Crippen LogP contribution in [0.2, 0.25) is 5.02 Å². The summed E-state index contributed by atoms with van der Waals surface area (Å²) in [7, 11) is 1.43. The number of aromatic nitrogens is 1. The van der Waals surface area contributed by atoms with E-state index >= 15 is 0 Å². The molecule has 3 aromatic carbocycles. The summed E-state index contributed by atoms with van der Waals surface area (Å²) >= 11 is 7.17. The minimum atomic E-state index is -0.840. The van der Waals surface area contributed by atoms with Crippen LogP contribution in [0.1, 0.15) is 36.6 Å². The fourth-order valence-electron chi connectivity index (χ4n) is 4.74. The van der Waals surface area contributed by atoms with Gasteiger partial charge in [-0.25, -0.2) is 9.79 Å². The van der Waals surface area contributed by atoms with Crippen LogP contribution in [0, 0.1) is 10.1 Å². The van der Waals surface area contributed by atoms with E-state index in [1.54, 1.807) is 38.1 Å². The van der Waals surface area contributed by atoms with Gasteiger partial charge >= 0.3 is 5.97 Å². The summed E-state index contributed by atoms with van der Waals surface area (Å²) in [6.07, 6.45) is 1.42. The number of carbonyl (C=O) groups is 1. The smallest absolute Gasteiger partial charge is 0.338 e. The number of nitrogens with zero attached hydrogens (tertiary/aromatic N) is 3. The molecule has 5 rings (SSSR count). The highest BCUT2D eigenvalue weighted by atomic mass is 35.5. The molecule has 1 atom stereocenters. The zero-order chi connectivity index (χ0) is 30.7. The van der Waals surface area contributed by atoms with Gasteiger partial charge in [0, 0.05) is 5.02 Å². The van der Waals surface area contributed by atoms with Gasteiger partial charge in [-0.3, -0.25) is 19.5 Å². The molecule has 1 aromatic heterocycles. The number of rotatable bonds is 9. The maximum absolute atomic E-state index is 13.9. The lowest BCUT2D eigenvalue weighted by Crippen LogP contribution is -2.39. The summed E-state index contributed by atoms with van der Waals surface area (Å²) in [5, 5.41) is 12.6. The monoisotopic (exact) mass is 619 g/mol. The van der Waals surface area contributed by atoms with Crippen LogP contribution in [0.4, 0.5) is 5.69 Å². The molecule has 0 saturated carbocycles. The van der Waals surface area contributed by atoms with E-state index in [2.05, 4.69) is 4.99 Å².